The first-order valence-electron chi connectivity index (χ1n) is 12.8. The summed E-state index contributed by atoms with van der Waals surface area (Å²) in [6, 6.07) is 0. The molecule has 0 heterocycles. The first-order valence-corrected chi connectivity index (χ1v) is 12.8. The summed E-state index contributed by atoms with van der Waals surface area (Å²) in [6.45, 7) is 0. The second-order valence-corrected chi connectivity index (χ2v) is 9.36. The van der Waals surface area contributed by atoms with Crippen molar-refractivity contribution in [3.05, 3.63) is 0 Å². The van der Waals surface area contributed by atoms with E-state index in [4.69, 9.17) is 0 Å². The largest absolute Gasteiger partial charge is 0.388 e. The van der Waals surface area contributed by atoms with Gasteiger partial charge in [-0.15, -0.1) is 0 Å². The minimum Gasteiger partial charge on any atom is -0.388 e. The molecule has 0 radical (unpaired) electrons. The average molecular weight is 399 g/mol. The lowest BCUT2D eigenvalue weighted by Gasteiger charge is -2.27. The van der Waals surface area contributed by atoms with Crippen molar-refractivity contribution in [2.45, 2.75) is 160 Å². The van der Waals surface area contributed by atoms with Crippen LogP contribution >= 0.6 is 0 Å². The lowest BCUT2D eigenvalue weighted by Crippen LogP contribution is -2.42. The Morgan fingerprint density at radius 1 is 0.393 bits per heavy atom. The number of rotatable bonds is 0. The molecule has 1 atom stereocenters. The Labute approximate surface area is 175 Å². The number of hydrogen-bond acceptors (Lipinski definition) is 3. The second kappa shape index (κ2) is 17.7. The van der Waals surface area contributed by atoms with Crippen LogP contribution in [0.25, 0.3) is 0 Å². The Bertz CT molecular complexity index is 330. The maximum absolute atomic E-state index is 10.1. The third-order valence-electron chi connectivity index (χ3n) is 6.56. The smallest absolute Gasteiger partial charge is 0.189 e. The molecule has 1 unspecified atom stereocenters. The molecule has 0 aromatic carbocycles. The molecule has 168 valence electrons. The number of hydrogen-bond donors (Lipinski definition) is 3. The highest BCUT2D eigenvalue weighted by Gasteiger charge is 2.31. The Morgan fingerprint density at radius 2 is 0.643 bits per heavy atom. The molecular weight excluding hydrogens is 348 g/mol. The molecule has 3 N–H and O–H groups in total. The van der Waals surface area contributed by atoms with E-state index in [1.54, 1.807) is 0 Å². The predicted molar refractivity (Wildman–Crippen MR) is 119 cm³/mol. The van der Waals surface area contributed by atoms with E-state index in [2.05, 4.69) is 0 Å². The van der Waals surface area contributed by atoms with Gasteiger partial charge in [-0.3, -0.25) is 0 Å². The van der Waals surface area contributed by atoms with Crippen LogP contribution in [0.2, 0.25) is 0 Å². The highest BCUT2D eigenvalue weighted by Crippen LogP contribution is 2.22. The molecule has 1 saturated carbocycles. The summed E-state index contributed by atoms with van der Waals surface area (Å²) in [5.41, 5.74) is 0. The van der Waals surface area contributed by atoms with Gasteiger partial charge in [-0.2, -0.15) is 0 Å². The van der Waals surface area contributed by atoms with Crippen molar-refractivity contribution in [1.29, 1.82) is 0 Å². The Hall–Kier alpha value is -0.120. The zero-order valence-electron chi connectivity index (χ0n) is 18.7. The molecule has 0 aromatic rings. The van der Waals surface area contributed by atoms with E-state index in [-0.39, 0.29) is 0 Å². The molecule has 0 bridgehead atoms. The van der Waals surface area contributed by atoms with Gasteiger partial charge in [0.15, 0.2) is 5.79 Å². The summed E-state index contributed by atoms with van der Waals surface area (Å²) in [7, 11) is 0. The molecule has 3 heteroatoms. The highest BCUT2D eigenvalue weighted by atomic mass is 16.5. The van der Waals surface area contributed by atoms with Crippen LogP contribution in [0, 0.1) is 0 Å². The van der Waals surface area contributed by atoms with Crippen LogP contribution < -0.4 is 0 Å². The van der Waals surface area contributed by atoms with E-state index in [1.807, 2.05) is 0 Å². The fourth-order valence-corrected chi connectivity index (χ4v) is 4.48. The summed E-state index contributed by atoms with van der Waals surface area (Å²) in [4.78, 5) is 0. The topological polar surface area (TPSA) is 60.7 Å². The van der Waals surface area contributed by atoms with Crippen molar-refractivity contribution in [3.63, 3.8) is 0 Å². The van der Waals surface area contributed by atoms with Crippen molar-refractivity contribution in [1.82, 2.24) is 0 Å². The SMILES string of the molecule is OC1CCCCCCCCCCCCCCCCCCCCCCCC1(O)O. The fraction of sp³-hybridized carbons (Fsp3) is 1.00. The normalized spacial score (nSPS) is 27.3. The van der Waals surface area contributed by atoms with Gasteiger partial charge in [0.2, 0.25) is 0 Å². The molecule has 1 fully saturated rings. The van der Waals surface area contributed by atoms with Crippen LogP contribution in [0.5, 0.6) is 0 Å². The zero-order valence-corrected chi connectivity index (χ0v) is 18.7. The third kappa shape index (κ3) is 14.8. The predicted octanol–water partition coefficient (Wildman–Crippen LogP) is 7.01. The quantitative estimate of drug-likeness (QED) is 0.384. The van der Waals surface area contributed by atoms with E-state index < -0.39 is 11.9 Å². The standard InChI is InChI=1S/C25H50O3/c26-24-22-20-18-16-14-12-10-8-6-4-2-1-3-5-7-9-11-13-15-17-19-21-23-25(24,27)28/h24,26-28H,1-23H2. The van der Waals surface area contributed by atoms with Crippen LogP contribution in [0.4, 0.5) is 0 Å². The van der Waals surface area contributed by atoms with Gasteiger partial charge in [-0.25, -0.2) is 0 Å². The molecule has 1 aliphatic rings. The monoisotopic (exact) mass is 398 g/mol. The van der Waals surface area contributed by atoms with E-state index >= 15 is 0 Å². The van der Waals surface area contributed by atoms with E-state index in [0.717, 1.165) is 25.7 Å². The van der Waals surface area contributed by atoms with Crippen LogP contribution in [-0.2, 0) is 0 Å². The summed E-state index contributed by atoms with van der Waals surface area (Å²) >= 11 is 0. The van der Waals surface area contributed by atoms with Gasteiger partial charge in [0.05, 0.1) is 0 Å². The van der Waals surface area contributed by atoms with E-state index in [9.17, 15) is 15.3 Å². The van der Waals surface area contributed by atoms with Crippen LogP contribution in [0.1, 0.15) is 148 Å². The molecule has 0 amide bonds. The molecule has 28 heavy (non-hydrogen) atoms. The lowest BCUT2D eigenvalue weighted by molar-refractivity contribution is -0.230. The summed E-state index contributed by atoms with van der Waals surface area (Å²) in [5, 5.41) is 30.4. The van der Waals surface area contributed by atoms with Crippen LogP contribution in [0.15, 0.2) is 0 Å². The Morgan fingerprint density at radius 3 is 0.964 bits per heavy atom. The highest BCUT2D eigenvalue weighted by molar-refractivity contribution is 4.75. The summed E-state index contributed by atoms with van der Waals surface area (Å²) in [5.74, 6) is -1.90. The summed E-state index contributed by atoms with van der Waals surface area (Å²) in [6.07, 6.45) is 26.6. The van der Waals surface area contributed by atoms with Gasteiger partial charge >= 0.3 is 0 Å². The van der Waals surface area contributed by atoms with Crippen molar-refractivity contribution in [3.8, 4) is 0 Å². The van der Waals surface area contributed by atoms with Gasteiger partial charge in [0.1, 0.15) is 6.10 Å². The molecule has 1 aliphatic carbocycles. The first-order chi connectivity index (χ1) is 13.6. The van der Waals surface area contributed by atoms with Crippen LogP contribution in [0.3, 0.4) is 0 Å². The van der Waals surface area contributed by atoms with Crippen LogP contribution in [-0.4, -0.2) is 27.2 Å². The van der Waals surface area contributed by atoms with Gasteiger partial charge in [0.25, 0.3) is 0 Å². The molecule has 0 aromatic heterocycles. The minimum atomic E-state index is -1.90. The van der Waals surface area contributed by atoms with Crippen molar-refractivity contribution >= 4 is 0 Å². The first kappa shape index (κ1) is 25.9. The van der Waals surface area contributed by atoms with Crippen molar-refractivity contribution in [2.24, 2.45) is 0 Å². The molecule has 0 aliphatic heterocycles. The van der Waals surface area contributed by atoms with Crippen molar-refractivity contribution in [2.75, 3.05) is 0 Å². The zero-order chi connectivity index (χ0) is 20.3. The second-order valence-electron chi connectivity index (χ2n) is 9.36. The average Bonchev–Trinajstić information content (AvgIpc) is 2.67. The van der Waals surface area contributed by atoms with Gasteiger partial charge in [-0.1, -0.05) is 128 Å². The summed E-state index contributed by atoms with van der Waals surface area (Å²) < 4.78 is 0. The van der Waals surface area contributed by atoms with Gasteiger partial charge in [-0.05, 0) is 12.8 Å². The Balaban J connectivity index is 2.22. The van der Waals surface area contributed by atoms with E-state index in [0.29, 0.717) is 12.8 Å². The fourth-order valence-electron chi connectivity index (χ4n) is 4.48. The molecule has 3 nitrogen and oxygen atoms in total. The molecule has 0 spiro atoms. The maximum Gasteiger partial charge on any atom is 0.189 e. The van der Waals surface area contributed by atoms with Gasteiger partial charge in [0, 0.05) is 6.42 Å². The number of aliphatic hydroxyl groups excluding tert-OH is 1. The van der Waals surface area contributed by atoms with Gasteiger partial charge < -0.3 is 15.3 Å². The molecule has 1 rings (SSSR count). The Kier molecular flexibility index (Phi) is 16.4. The molecular formula is C25H50O3. The lowest BCUT2D eigenvalue weighted by atomic mass is 9.96. The van der Waals surface area contributed by atoms with Crippen molar-refractivity contribution < 1.29 is 15.3 Å². The third-order valence-corrected chi connectivity index (χ3v) is 6.56. The van der Waals surface area contributed by atoms with E-state index in [1.165, 1.54) is 109 Å². The maximum atomic E-state index is 10.1. The number of aliphatic hydroxyl groups is 3. The minimum absolute atomic E-state index is 0.300. The molecule has 0 saturated heterocycles.